The number of aryl methyl sites for hydroxylation is 1. The summed E-state index contributed by atoms with van der Waals surface area (Å²) in [7, 11) is -0.920. The first-order valence-electron chi connectivity index (χ1n) is 9.88. The number of benzene rings is 1. The van der Waals surface area contributed by atoms with Gasteiger partial charge in [-0.05, 0) is 55.7 Å². The van der Waals surface area contributed by atoms with Gasteiger partial charge < -0.3 is 15.0 Å². The molecular formula is C21H26N4O5S. The number of amides is 2. The summed E-state index contributed by atoms with van der Waals surface area (Å²) < 4.78 is 32.7. The van der Waals surface area contributed by atoms with E-state index in [2.05, 4.69) is 10.3 Å². The van der Waals surface area contributed by atoms with Gasteiger partial charge in [-0.25, -0.2) is 13.4 Å². The lowest BCUT2D eigenvalue weighted by Crippen LogP contribution is -2.35. The van der Waals surface area contributed by atoms with Gasteiger partial charge in [0.1, 0.15) is 16.5 Å². The summed E-state index contributed by atoms with van der Waals surface area (Å²) in [5.74, 6) is -0.316. The molecule has 0 unspecified atom stereocenters. The van der Waals surface area contributed by atoms with Crippen LogP contribution < -0.4 is 10.1 Å². The molecule has 0 spiro atoms. The summed E-state index contributed by atoms with van der Waals surface area (Å²) in [5.41, 5.74) is 1.10. The molecule has 2 heterocycles. The van der Waals surface area contributed by atoms with Crippen molar-refractivity contribution >= 4 is 27.7 Å². The molecule has 1 aromatic carbocycles. The van der Waals surface area contributed by atoms with Crippen LogP contribution in [0.4, 0.5) is 5.82 Å². The molecule has 0 bridgehead atoms. The topological polar surface area (TPSA) is 109 Å². The second-order valence-corrected chi connectivity index (χ2v) is 9.31. The number of ether oxygens (including phenoxy) is 1. The molecule has 1 aliphatic rings. The average Bonchev–Trinajstić information content (AvgIpc) is 3.28. The molecular weight excluding hydrogens is 420 g/mol. The van der Waals surface area contributed by atoms with Crippen LogP contribution in [0.1, 0.15) is 28.8 Å². The smallest absolute Gasteiger partial charge is 0.254 e. The van der Waals surface area contributed by atoms with Crippen molar-refractivity contribution in [3.05, 3.63) is 47.7 Å². The molecule has 166 valence electrons. The summed E-state index contributed by atoms with van der Waals surface area (Å²) in [4.78, 5) is 30.4. The molecule has 0 aliphatic carbocycles. The molecule has 2 aromatic rings. The molecule has 0 atom stereocenters. The van der Waals surface area contributed by atoms with E-state index < -0.39 is 21.8 Å². The number of nitrogens with zero attached hydrogens (tertiary/aromatic N) is 3. The van der Waals surface area contributed by atoms with Crippen molar-refractivity contribution in [3.63, 3.8) is 0 Å². The Morgan fingerprint density at radius 3 is 2.55 bits per heavy atom. The van der Waals surface area contributed by atoms with Gasteiger partial charge in [-0.3, -0.25) is 9.59 Å². The van der Waals surface area contributed by atoms with E-state index in [1.807, 2.05) is 13.0 Å². The number of hydrogen-bond donors (Lipinski definition) is 1. The number of aromatic nitrogens is 1. The van der Waals surface area contributed by atoms with Crippen molar-refractivity contribution < 1.29 is 22.7 Å². The molecule has 1 aromatic heterocycles. The molecule has 1 saturated heterocycles. The van der Waals surface area contributed by atoms with Crippen molar-refractivity contribution in [1.29, 1.82) is 0 Å². The van der Waals surface area contributed by atoms with Crippen LogP contribution in [0, 0.1) is 6.92 Å². The van der Waals surface area contributed by atoms with Crippen molar-refractivity contribution in [1.82, 2.24) is 14.2 Å². The van der Waals surface area contributed by atoms with E-state index in [4.69, 9.17) is 4.74 Å². The van der Waals surface area contributed by atoms with Crippen LogP contribution >= 0.6 is 0 Å². The number of likely N-dealkylation sites (N-methyl/N-ethyl adjacent to an activating group) is 1. The Hall–Kier alpha value is -2.98. The van der Waals surface area contributed by atoms with E-state index in [0.29, 0.717) is 18.9 Å². The molecule has 1 aliphatic heterocycles. The van der Waals surface area contributed by atoms with Crippen LogP contribution in [0.3, 0.4) is 0 Å². The summed E-state index contributed by atoms with van der Waals surface area (Å²) in [6.45, 7) is 2.55. The summed E-state index contributed by atoms with van der Waals surface area (Å²) in [6.07, 6.45) is 3.18. The van der Waals surface area contributed by atoms with Gasteiger partial charge in [0.05, 0.1) is 13.7 Å². The fourth-order valence-electron chi connectivity index (χ4n) is 3.37. The maximum atomic E-state index is 13.0. The highest BCUT2D eigenvalue weighted by Crippen LogP contribution is 2.30. The summed E-state index contributed by atoms with van der Waals surface area (Å²) >= 11 is 0. The van der Waals surface area contributed by atoms with E-state index in [-0.39, 0.29) is 22.8 Å². The van der Waals surface area contributed by atoms with Crippen molar-refractivity contribution in [2.75, 3.05) is 39.1 Å². The zero-order chi connectivity index (χ0) is 22.6. The minimum atomic E-state index is -3.78. The lowest BCUT2D eigenvalue weighted by molar-refractivity contribution is -0.116. The lowest BCUT2D eigenvalue weighted by atomic mass is 10.2. The van der Waals surface area contributed by atoms with Crippen LogP contribution in [-0.4, -0.2) is 68.2 Å². The van der Waals surface area contributed by atoms with E-state index >= 15 is 0 Å². The fraction of sp³-hybridized carbons (Fsp3) is 0.381. The number of rotatable bonds is 7. The van der Waals surface area contributed by atoms with Crippen LogP contribution in [0.5, 0.6) is 5.75 Å². The Labute approximate surface area is 182 Å². The SMILES string of the molecule is COc1ccc(C(=O)N(C)CC(=O)Nc2cc(C)ccn2)cc1S(=O)(=O)N1CCCC1. The monoisotopic (exact) mass is 446 g/mol. The maximum Gasteiger partial charge on any atom is 0.254 e. The zero-order valence-electron chi connectivity index (χ0n) is 17.8. The number of anilines is 1. The van der Waals surface area contributed by atoms with Gasteiger partial charge in [0.25, 0.3) is 5.91 Å². The number of methoxy groups -OCH3 is 1. The minimum absolute atomic E-state index is 0.0513. The third kappa shape index (κ3) is 5.20. The Bertz CT molecular complexity index is 1080. The van der Waals surface area contributed by atoms with Crippen molar-refractivity contribution in [2.24, 2.45) is 0 Å². The van der Waals surface area contributed by atoms with Crippen LogP contribution in [0.15, 0.2) is 41.4 Å². The highest BCUT2D eigenvalue weighted by atomic mass is 32.2. The number of carbonyl (C=O) groups is 2. The third-order valence-electron chi connectivity index (χ3n) is 5.00. The van der Waals surface area contributed by atoms with Gasteiger partial charge in [-0.15, -0.1) is 0 Å². The Morgan fingerprint density at radius 1 is 1.19 bits per heavy atom. The van der Waals surface area contributed by atoms with Gasteiger partial charge in [0.15, 0.2) is 0 Å². The van der Waals surface area contributed by atoms with Gasteiger partial charge >= 0.3 is 0 Å². The van der Waals surface area contributed by atoms with E-state index in [1.54, 1.807) is 12.3 Å². The average molecular weight is 447 g/mol. The summed E-state index contributed by atoms with van der Waals surface area (Å²) in [6, 6.07) is 7.79. The number of hydrogen-bond acceptors (Lipinski definition) is 6. The van der Waals surface area contributed by atoms with Gasteiger partial charge in [-0.2, -0.15) is 4.31 Å². The van der Waals surface area contributed by atoms with Gasteiger partial charge in [0, 0.05) is 31.9 Å². The Morgan fingerprint density at radius 2 is 1.90 bits per heavy atom. The molecule has 9 nitrogen and oxygen atoms in total. The van der Waals surface area contributed by atoms with E-state index in [1.165, 1.54) is 41.6 Å². The third-order valence-corrected chi connectivity index (χ3v) is 6.92. The Kier molecular flexibility index (Phi) is 6.91. The second-order valence-electron chi connectivity index (χ2n) is 7.40. The summed E-state index contributed by atoms with van der Waals surface area (Å²) in [5, 5.41) is 2.64. The van der Waals surface area contributed by atoms with E-state index in [0.717, 1.165) is 18.4 Å². The standard InChI is InChI=1S/C21H26N4O5S/c1-15-8-9-22-19(12-15)23-20(26)14-24(2)21(27)16-6-7-17(30-3)18(13-16)31(28,29)25-10-4-5-11-25/h6-9,12-13H,4-5,10-11,14H2,1-3H3,(H,22,23,26). The highest BCUT2D eigenvalue weighted by molar-refractivity contribution is 7.89. The Balaban J connectivity index is 1.77. The molecule has 1 N–H and O–H groups in total. The molecule has 2 amide bonds. The van der Waals surface area contributed by atoms with Crippen LogP contribution in [0.2, 0.25) is 0 Å². The first-order valence-corrected chi connectivity index (χ1v) is 11.3. The van der Waals surface area contributed by atoms with Crippen molar-refractivity contribution in [2.45, 2.75) is 24.7 Å². The number of pyridine rings is 1. The number of sulfonamides is 1. The first kappa shape index (κ1) is 22.7. The maximum absolute atomic E-state index is 13.0. The minimum Gasteiger partial charge on any atom is -0.495 e. The molecule has 1 fully saturated rings. The normalized spacial score (nSPS) is 14.3. The first-order chi connectivity index (χ1) is 14.7. The van der Waals surface area contributed by atoms with Crippen molar-refractivity contribution in [3.8, 4) is 5.75 Å². The highest BCUT2D eigenvalue weighted by Gasteiger charge is 2.31. The number of carbonyl (C=O) groups excluding carboxylic acids is 2. The fourth-order valence-corrected chi connectivity index (χ4v) is 5.07. The largest absolute Gasteiger partial charge is 0.495 e. The quantitative estimate of drug-likeness (QED) is 0.696. The predicted octanol–water partition coefficient (Wildman–Crippen LogP) is 1.89. The second kappa shape index (κ2) is 9.44. The molecule has 3 rings (SSSR count). The number of nitrogens with one attached hydrogen (secondary N) is 1. The van der Waals surface area contributed by atoms with Gasteiger partial charge in [0.2, 0.25) is 15.9 Å². The lowest BCUT2D eigenvalue weighted by Gasteiger charge is -2.20. The van der Waals surface area contributed by atoms with Crippen LogP contribution in [-0.2, 0) is 14.8 Å². The molecule has 10 heteroatoms. The molecule has 31 heavy (non-hydrogen) atoms. The van der Waals surface area contributed by atoms with Gasteiger partial charge in [-0.1, -0.05) is 0 Å². The predicted molar refractivity (Wildman–Crippen MR) is 116 cm³/mol. The molecule has 0 radical (unpaired) electrons. The van der Waals surface area contributed by atoms with Crippen LogP contribution in [0.25, 0.3) is 0 Å². The molecule has 0 saturated carbocycles. The van der Waals surface area contributed by atoms with E-state index in [9.17, 15) is 18.0 Å². The zero-order valence-corrected chi connectivity index (χ0v) is 18.6.